The van der Waals surface area contributed by atoms with E-state index in [4.69, 9.17) is 5.73 Å². The highest BCUT2D eigenvalue weighted by molar-refractivity contribution is 4.94. The molecular formula is C16H35N3. The number of hydrogen-bond donors (Lipinski definition) is 1. The van der Waals surface area contributed by atoms with Crippen LogP contribution >= 0.6 is 0 Å². The number of hydrogen-bond acceptors (Lipinski definition) is 3. The second kappa shape index (κ2) is 7.61. The largest absolute Gasteiger partial charge is 0.329 e. The smallest absolute Gasteiger partial charge is 0.0304 e. The fourth-order valence-electron chi connectivity index (χ4n) is 3.26. The van der Waals surface area contributed by atoms with Crippen molar-refractivity contribution >= 4 is 0 Å². The first-order valence-electron chi connectivity index (χ1n) is 8.16. The van der Waals surface area contributed by atoms with Gasteiger partial charge in [-0.05, 0) is 45.2 Å². The first-order chi connectivity index (χ1) is 8.96. The van der Waals surface area contributed by atoms with E-state index >= 15 is 0 Å². The van der Waals surface area contributed by atoms with Gasteiger partial charge in [0.2, 0.25) is 0 Å². The topological polar surface area (TPSA) is 32.5 Å². The molecule has 2 atom stereocenters. The van der Waals surface area contributed by atoms with Crippen LogP contribution in [0.3, 0.4) is 0 Å². The van der Waals surface area contributed by atoms with Crippen LogP contribution in [0.5, 0.6) is 0 Å². The summed E-state index contributed by atoms with van der Waals surface area (Å²) in [4.78, 5) is 5.25. The minimum absolute atomic E-state index is 0.201. The Morgan fingerprint density at radius 1 is 1.32 bits per heavy atom. The summed E-state index contributed by atoms with van der Waals surface area (Å²) in [6.07, 6.45) is 3.81. The highest BCUT2D eigenvalue weighted by atomic mass is 15.3. The Labute approximate surface area is 120 Å². The molecule has 2 N–H and O–H groups in total. The van der Waals surface area contributed by atoms with Crippen molar-refractivity contribution in [3.05, 3.63) is 0 Å². The van der Waals surface area contributed by atoms with Crippen molar-refractivity contribution < 1.29 is 0 Å². The molecule has 1 saturated heterocycles. The molecule has 0 saturated carbocycles. The molecule has 0 aliphatic carbocycles. The van der Waals surface area contributed by atoms with Crippen LogP contribution in [0.4, 0.5) is 0 Å². The van der Waals surface area contributed by atoms with Gasteiger partial charge in [0.05, 0.1) is 0 Å². The Balaban J connectivity index is 2.58. The number of rotatable bonds is 8. The molecule has 114 valence electrons. The molecule has 0 aromatic rings. The predicted octanol–water partition coefficient (Wildman–Crippen LogP) is 2.56. The van der Waals surface area contributed by atoms with Crippen molar-refractivity contribution in [3.63, 3.8) is 0 Å². The van der Waals surface area contributed by atoms with E-state index in [1.807, 2.05) is 0 Å². The van der Waals surface area contributed by atoms with Gasteiger partial charge in [-0.3, -0.25) is 9.80 Å². The van der Waals surface area contributed by atoms with Gasteiger partial charge in [0.15, 0.2) is 0 Å². The maximum Gasteiger partial charge on any atom is 0.0304 e. The van der Waals surface area contributed by atoms with Gasteiger partial charge >= 0.3 is 0 Å². The molecule has 1 rings (SSSR count). The zero-order chi connectivity index (χ0) is 14.5. The van der Waals surface area contributed by atoms with Gasteiger partial charge in [0.1, 0.15) is 0 Å². The molecule has 3 heteroatoms. The van der Waals surface area contributed by atoms with Crippen LogP contribution in [0, 0.1) is 5.92 Å². The Morgan fingerprint density at radius 2 is 1.95 bits per heavy atom. The van der Waals surface area contributed by atoms with E-state index in [9.17, 15) is 0 Å². The molecule has 0 bridgehead atoms. The number of nitrogens with zero attached hydrogens (tertiary/aromatic N) is 2. The molecule has 2 unspecified atom stereocenters. The lowest BCUT2D eigenvalue weighted by Gasteiger charge is -2.39. The van der Waals surface area contributed by atoms with Gasteiger partial charge in [-0.25, -0.2) is 0 Å². The fourth-order valence-corrected chi connectivity index (χ4v) is 3.26. The fraction of sp³-hybridized carbons (Fsp3) is 1.00. The van der Waals surface area contributed by atoms with Crippen LogP contribution in [0.15, 0.2) is 0 Å². The molecule has 0 radical (unpaired) electrons. The molecule has 0 aromatic carbocycles. The summed E-state index contributed by atoms with van der Waals surface area (Å²) in [6.45, 7) is 17.0. The molecule has 3 nitrogen and oxygen atoms in total. The first-order valence-corrected chi connectivity index (χ1v) is 8.16. The third-order valence-electron chi connectivity index (χ3n) is 4.96. The van der Waals surface area contributed by atoms with E-state index in [0.717, 1.165) is 18.5 Å². The van der Waals surface area contributed by atoms with Crippen LogP contribution in [0.2, 0.25) is 0 Å². The van der Waals surface area contributed by atoms with Gasteiger partial charge in [-0.15, -0.1) is 0 Å². The number of likely N-dealkylation sites (tertiary alicyclic amines) is 1. The summed E-state index contributed by atoms with van der Waals surface area (Å²) in [5.41, 5.74) is 6.30. The number of likely N-dealkylation sites (N-methyl/N-ethyl adjacent to an activating group) is 1. The highest BCUT2D eigenvalue weighted by Crippen LogP contribution is 2.28. The Hall–Kier alpha value is -0.120. The number of nitrogens with two attached hydrogens (primary N) is 1. The maximum absolute atomic E-state index is 6.10. The Morgan fingerprint density at radius 3 is 2.42 bits per heavy atom. The molecule has 1 aliphatic rings. The van der Waals surface area contributed by atoms with E-state index in [-0.39, 0.29) is 5.54 Å². The van der Waals surface area contributed by atoms with Crippen molar-refractivity contribution in [1.29, 1.82) is 0 Å². The lowest BCUT2D eigenvalue weighted by Crippen LogP contribution is -2.52. The predicted molar refractivity (Wildman–Crippen MR) is 84.4 cm³/mol. The van der Waals surface area contributed by atoms with Crippen molar-refractivity contribution in [2.75, 3.05) is 32.7 Å². The van der Waals surface area contributed by atoms with E-state index in [2.05, 4.69) is 44.4 Å². The maximum atomic E-state index is 6.10. The zero-order valence-electron chi connectivity index (χ0n) is 13.8. The Bertz CT molecular complexity index is 250. The van der Waals surface area contributed by atoms with Crippen molar-refractivity contribution in [2.24, 2.45) is 11.7 Å². The van der Waals surface area contributed by atoms with Crippen LogP contribution < -0.4 is 5.73 Å². The zero-order valence-corrected chi connectivity index (χ0v) is 13.8. The average molecular weight is 269 g/mol. The second-order valence-electron chi connectivity index (χ2n) is 6.74. The molecule has 1 fully saturated rings. The van der Waals surface area contributed by atoms with Gasteiger partial charge in [-0.1, -0.05) is 27.7 Å². The van der Waals surface area contributed by atoms with Crippen LogP contribution in [0.1, 0.15) is 53.9 Å². The molecular weight excluding hydrogens is 234 g/mol. The quantitative estimate of drug-likeness (QED) is 0.735. The molecule has 1 heterocycles. The summed E-state index contributed by atoms with van der Waals surface area (Å²) in [7, 11) is 0. The molecule has 1 aliphatic heterocycles. The first kappa shape index (κ1) is 16.9. The van der Waals surface area contributed by atoms with Gasteiger partial charge < -0.3 is 5.73 Å². The summed E-state index contributed by atoms with van der Waals surface area (Å²) < 4.78 is 0. The standard InChI is InChI=1S/C16H35N3/c1-6-18(7-2)15-9-11-19(12-15)16(5,13-17)10-8-14(3)4/h14-15H,6-13,17H2,1-5H3. The summed E-state index contributed by atoms with van der Waals surface area (Å²) >= 11 is 0. The van der Waals surface area contributed by atoms with Crippen molar-refractivity contribution in [2.45, 2.75) is 65.5 Å². The summed E-state index contributed by atoms with van der Waals surface area (Å²) in [5.74, 6) is 0.770. The molecule has 0 spiro atoms. The second-order valence-corrected chi connectivity index (χ2v) is 6.74. The monoisotopic (exact) mass is 269 g/mol. The third-order valence-corrected chi connectivity index (χ3v) is 4.96. The average Bonchev–Trinajstić information content (AvgIpc) is 2.87. The highest BCUT2D eigenvalue weighted by Gasteiger charge is 2.37. The van der Waals surface area contributed by atoms with E-state index in [1.165, 1.54) is 45.4 Å². The lowest BCUT2D eigenvalue weighted by molar-refractivity contribution is 0.110. The van der Waals surface area contributed by atoms with Gasteiger partial charge in [-0.2, -0.15) is 0 Å². The summed E-state index contributed by atoms with van der Waals surface area (Å²) in [6, 6.07) is 0.736. The molecule has 0 amide bonds. The van der Waals surface area contributed by atoms with Crippen LogP contribution in [0.25, 0.3) is 0 Å². The SMILES string of the molecule is CCN(CC)C1CCN(C(C)(CN)CCC(C)C)C1. The van der Waals surface area contributed by atoms with Crippen molar-refractivity contribution in [1.82, 2.24) is 9.80 Å². The minimum atomic E-state index is 0.201. The van der Waals surface area contributed by atoms with E-state index in [0.29, 0.717) is 0 Å². The minimum Gasteiger partial charge on any atom is -0.329 e. The lowest BCUT2D eigenvalue weighted by atomic mass is 9.90. The molecule has 0 aromatic heterocycles. The third kappa shape index (κ3) is 4.44. The van der Waals surface area contributed by atoms with Gasteiger partial charge in [0.25, 0.3) is 0 Å². The normalized spacial score (nSPS) is 24.3. The van der Waals surface area contributed by atoms with E-state index in [1.54, 1.807) is 0 Å². The van der Waals surface area contributed by atoms with Crippen LogP contribution in [-0.4, -0.2) is 54.1 Å². The van der Waals surface area contributed by atoms with E-state index < -0.39 is 0 Å². The van der Waals surface area contributed by atoms with Crippen LogP contribution in [-0.2, 0) is 0 Å². The van der Waals surface area contributed by atoms with Gasteiger partial charge in [0, 0.05) is 31.2 Å². The molecule has 19 heavy (non-hydrogen) atoms. The van der Waals surface area contributed by atoms with Crippen molar-refractivity contribution in [3.8, 4) is 0 Å². The Kier molecular flexibility index (Phi) is 6.78. The summed E-state index contributed by atoms with van der Waals surface area (Å²) in [5, 5.41) is 0.